The van der Waals surface area contributed by atoms with E-state index in [1.807, 2.05) is 0 Å². The second-order valence-corrected chi connectivity index (χ2v) is 7.95. The molecule has 6 nitrogen and oxygen atoms in total. The highest BCUT2D eigenvalue weighted by Gasteiger charge is 2.42. The molecule has 0 radical (unpaired) electrons. The van der Waals surface area contributed by atoms with Gasteiger partial charge in [-0.15, -0.1) is 0 Å². The van der Waals surface area contributed by atoms with Crippen molar-refractivity contribution in [3.8, 4) is 0 Å². The summed E-state index contributed by atoms with van der Waals surface area (Å²) in [7, 11) is 0. The van der Waals surface area contributed by atoms with Crippen molar-refractivity contribution in [1.82, 2.24) is 9.78 Å². The summed E-state index contributed by atoms with van der Waals surface area (Å²) in [6, 6.07) is 5.90. The zero-order chi connectivity index (χ0) is 21.5. The maximum atomic E-state index is 13.5. The molecule has 0 spiro atoms. The fourth-order valence-corrected chi connectivity index (χ4v) is 2.59. The second-order valence-electron chi connectivity index (χ2n) is 7.95. The predicted octanol–water partition coefficient (Wildman–Crippen LogP) is 4.27. The van der Waals surface area contributed by atoms with E-state index < -0.39 is 40.3 Å². The number of nitrogens with one attached hydrogen (secondary N) is 1. The quantitative estimate of drug-likeness (QED) is 0.807. The van der Waals surface area contributed by atoms with E-state index in [9.17, 15) is 27.9 Å². The molecule has 1 heterocycles. The number of carbonyl (C=O) groups excluding carboxylic acids is 1. The molecule has 2 N–H and O–H groups in total. The Kier molecular flexibility index (Phi) is 5.33. The lowest BCUT2D eigenvalue weighted by molar-refractivity contribution is -0.146. The maximum absolute atomic E-state index is 13.5. The van der Waals surface area contributed by atoms with Crippen LogP contribution >= 0.6 is 0 Å². The van der Waals surface area contributed by atoms with Gasteiger partial charge in [0.05, 0.1) is 22.7 Å². The fourth-order valence-electron chi connectivity index (χ4n) is 2.59. The summed E-state index contributed by atoms with van der Waals surface area (Å²) in [6.07, 6.45) is -3.86. The molecule has 0 atom stereocenters. The van der Waals surface area contributed by atoms with Crippen LogP contribution in [-0.2, 0) is 21.9 Å². The zero-order valence-corrected chi connectivity index (χ0v) is 16.2. The minimum atomic E-state index is -4.76. The van der Waals surface area contributed by atoms with E-state index >= 15 is 0 Å². The third-order valence-corrected chi connectivity index (χ3v) is 4.32. The summed E-state index contributed by atoms with van der Waals surface area (Å²) in [5, 5.41) is 15.4. The molecule has 0 saturated carbocycles. The predicted molar refractivity (Wildman–Crippen MR) is 97.3 cm³/mol. The first kappa shape index (κ1) is 21.5. The number of rotatable bonds is 4. The number of carboxylic acids is 1. The molecule has 28 heavy (non-hydrogen) atoms. The zero-order valence-electron chi connectivity index (χ0n) is 16.2. The monoisotopic (exact) mass is 397 g/mol. The molecule has 0 aliphatic rings. The van der Waals surface area contributed by atoms with Gasteiger partial charge < -0.3 is 10.4 Å². The van der Waals surface area contributed by atoms with E-state index in [-0.39, 0.29) is 5.69 Å². The third kappa shape index (κ3) is 4.18. The van der Waals surface area contributed by atoms with E-state index in [0.717, 1.165) is 10.9 Å². The molecule has 1 amide bonds. The summed E-state index contributed by atoms with van der Waals surface area (Å²) in [5.74, 6) is -1.97. The van der Waals surface area contributed by atoms with Crippen LogP contribution < -0.4 is 5.32 Å². The van der Waals surface area contributed by atoms with Crippen molar-refractivity contribution in [2.45, 2.75) is 51.7 Å². The molecular formula is C19H22F3N3O3. The van der Waals surface area contributed by atoms with Gasteiger partial charge in [-0.3, -0.25) is 14.3 Å². The number of alkyl halides is 3. The van der Waals surface area contributed by atoms with Gasteiger partial charge in [-0.2, -0.15) is 18.3 Å². The third-order valence-electron chi connectivity index (χ3n) is 4.32. The molecule has 0 saturated heterocycles. The lowest BCUT2D eigenvalue weighted by Crippen LogP contribution is -2.30. The fraction of sp³-hybridized carbons (Fsp3) is 0.421. The van der Waals surface area contributed by atoms with Crippen LogP contribution in [0.3, 0.4) is 0 Å². The molecular weight excluding hydrogens is 375 g/mol. The van der Waals surface area contributed by atoms with Crippen molar-refractivity contribution in [1.29, 1.82) is 0 Å². The number of hydrogen-bond donors (Lipinski definition) is 2. The van der Waals surface area contributed by atoms with Crippen molar-refractivity contribution < 1.29 is 27.9 Å². The van der Waals surface area contributed by atoms with E-state index in [4.69, 9.17) is 0 Å². The van der Waals surface area contributed by atoms with Gasteiger partial charge in [0, 0.05) is 5.69 Å². The summed E-state index contributed by atoms with van der Waals surface area (Å²) in [4.78, 5) is 23.8. The first-order chi connectivity index (χ1) is 12.7. The Labute approximate surface area is 160 Å². The van der Waals surface area contributed by atoms with Gasteiger partial charge in [0.1, 0.15) is 0 Å². The first-order valence-electron chi connectivity index (χ1n) is 8.46. The Morgan fingerprint density at radius 2 is 1.57 bits per heavy atom. The standard InChI is InChI=1S/C19H22F3N3O3/c1-17(2,3)25-14(19(20,21)22)13(10-23-25)15(26)24-12-8-6-11(7-9-12)18(4,5)16(27)28/h6-10H,1-5H3,(H,24,26)(H,27,28). The summed E-state index contributed by atoms with van der Waals surface area (Å²) in [6.45, 7) is 7.72. The molecule has 1 aromatic carbocycles. The average Bonchev–Trinajstić information content (AvgIpc) is 3.01. The summed E-state index contributed by atoms with van der Waals surface area (Å²) in [5.41, 5.74) is -3.08. The normalized spacial score (nSPS) is 12.7. The largest absolute Gasteiger partial charge is 0.481 e. The number of amides is 1. The number of hydrogen-bond acceptors (Lipinski definition) is 3. The van der Waals surface area contributed by atoms with E-state index in [1.165, 1.54) is 38.1 Å². The van der Waals surface area contributed by atoms with E-state index in [1.54, 1.807) is 20.8 Å². The first-order valence-corrected chi connectivity index (χ1v) is 8.46. The van der Waals surface area contributed by atoms with E-state index in [2.05, 4.69) is 10.4 Å². The number of benzene rings is 1. The number of carboxylic acid groups (broad SMARTS) is 1. The molecule has 0 unspecified atom stereocenters. The Morgan fingerprint density at radius 1 is 1.04 bits per heavy atom. The van der Waals surface area contributed by atoms with Crippen LogP contribution in [0.4, 0.5) is 18.9 Å². The summed E-state index contributed by atoms with van der Waals surface area (Å²) >= 11 is 0. The van der Waals surface area contributed by atoms with Gasteiger partial charge in [-0.1, -0.05) is 12.1 Å². The number of carbonyl (C=O) groups is 2. The Balaban J connectivity index is 2.34. The Bertz CT molecular complexity index is 892. The van der Waals surface area contributed by atoms with Gasteiger partial charge in [-0.05, 0) is 52.3 Å². The molecule has 152 valence electrons. The second kappa shape index (κ2) is 6.96. The molecule has 0 fully saturated rings. The minimum Gasteiger partial charge on any atom is -0.481 e. The number of aliphatic carboxylic acids is 1. The van der Waals surface area contributed by atoms with Crippen LogP contribution in [0.25, 0.3) is 0 Å². The molecule has 9 heteroatoms. The highest BCUT2D eigenvalue weighted by molar-refractivity contribution is 6.05. The van der Waals surface area contributed by atoms with Gasteiger partial charge >= 0.3 is 12.1 Å². The number of nitrogens with zero attached hydrogens (tertiary/aromatic N) is 2. The summed E-state index contributed by atoms with van der Waals surface area (Å²) < 4.78 is 41.4. The average molecular weight is 397 g/mol. The topological polar surface area (TPSA) is 84.2 Å². The highest BCUT2D eigenvalue weighted by atomic mass is 19.4. The van der Waals surface area contributed by atoms with Crippen LogP contribution in [0.1, 0.15) is 56.2 Å². The van der Waals surface area contributed by atoms with Crippen LogP contribution in [0.2, 0.25) is 0 Å². The van der Waals surface area contributed by atoms with Crippen LogP contribution in [0.15, 0.2) is 30.5 Å². The lowest BCUT2D eigenvalue weighted by atomic mass is 9.85. The Morgan fingerprint density at radius 3 is 2.00 bits per heavy atom. The maximum Gasteiger partial charge on any atom is 0.433 e. The molecule has 0 aliphatic carbocycles. The van der Waals surface area contributed by atoms with E-state index in [0.29, 0.717) is 5.56 Å². The SMILES string of the molecule is CC(C)(C(=O)O)c1ccc(NC(=O)c2cnn(C(C)(C)C)c2C(F)(F)F)cc1. The van der Waals surface area contributed by atoms with Crippen molar-refractivity contribution in [3.05, 3.63) is 47.3 Å². The lowest BCUT2D eigenvalue weighted by Gasteiger charge is -2.23. The van der Waals surface area contributed by atoms with Crippen LogP contribution in [0, 0.1) is 0 Å². The van der Waals surface area contributed by atoms with Crippen LogP contribution in [0.5, 0.6) is 0 Å². The minimum absolute atomic E-state index is 0.242. The number of halogens is 3. The molecule has 0 bridgehead atoms. The van der Waals surface area contributed by atoms with Gasteiger partial charge in [0.25, 0.3) is 5.91 Å². The van der Waals surface area contributed by atoms with Crippen molar-refractivity contribution in [2.24, 2.45) is 0 Å². The smallest absolute Gasteiger partial charge is 0.433 e. The van der Waals surface area contributed by atoms with Gasteiger partial charge in [0.15, 0.2) is 5.69 Å². The molecule has 1 aromatic heterocycles. The van der Waals surface area contributed by atoms with Gasteiger partial charge in [0.2, 0.25) is 0 Å². The van der Waals surface area contributed by atoms with Crippen molar-refractivity contribution in [3.63, 3.8) is 0 Å². The highest BCUT2D eigenvalue weighted by Crippen LogP contribution is 2.35. The van der Waals surface area contributed by atoms with Gasteiger partial charge in [-0.25, -0.2) is 0 Å². The number of aromatic nitrogens is 2. The Hall–Kier alpha value is -2.84. The van der Waals surface area contributed by atoms with Crippen molar-refractivity contribution in [2.75, 3.05) is 5.32 Å². The van der Waals surface area contributed by atoms with Crippen molar-refractivity contribution >= 4 is 17.6 Å². The number of anilines is 1. The molecule has 0 aliphatic heterocycles. The van der Waals surface area contributed by atoms with Crippen LogP contribution in [-0.4, -0.2) is 26.8 Å². The molecule has 2 rings (SSSR count). The molecule has 2 aromatic rings.